The van der Waals surface area contributed by atoms with E-state index in [1.54, 1.807) is 12.1 Å². The first kappa shape index (κ1) is 29.0. The highest BCUT2D eigenvalue weighted by Gasteiger charge is 2.28. The minimum Gasteiger partial charge on any atom is -0.507 e. The van der Waals surface area contributed by atoms with Crippen LogP contribution >= 0.6 is 0 Å². The molecule has 43 heavy (non-hydrogen) atoms. The fourth-order valence-corrected chi connectivity index (χ4v) is 4.48. The number of benzene rings is 5. The molecule has 0 atom stereocenters. The van der Waals surface area contributed by atoms with Crippen LogP contribution in [-0.4, -0.2) is 24.0 Å². The highest BCUT2D eigenvalue weighted by molar-refractivity contribution is 6.16. The quantitative estimate of drug-likeness (QED) is 0.125. The first-order valence-electron chi connectivity index (χ1n) is 13.7. The van der Waals surface area contributed by atoms with Crippen molar-refractivity contribution < 1.29 is 33.6 Å². The number of ketones is 1. The van der Waals surface area contributed by atoms with E-state index in [9.17, 15) is 14.7 Å². The molecule has 0 unspecified atom stereocenters. The van der Waals surface area contributed by atoms with Crippen molar-refractivity contribution in [3.8, 4) is 23.0 Å². The molecule has 0 saturated heterocycles. The Morgan fingerprint density at radius 3 is 1.44 bits per heavy atom. The van der Waals surface area contributed by atoms with Crippen LogP contribution in [0.4, 0.5) is 0 Å². The third kappa shape index (κ3) is 7.21. The van der Waals surface area contributed by atoms with E-state index in [-0.39, 0.29) is 59.5 Å². The first-order chi connectivity index (χ1) is 21.0. The lowest BCUT2D eigenvalue weighted by Crippen LogP contribution is -2.13. The Bertz CT molecular complexity index is 1620. The molecule has 216 valence electrons. The molecule has 0 aromatic heterocycles. The topological polar surface area (TPSA) is 91.3 Å². The maximum absolute atomic E-state index is 14.4. The molecule has 0 radical (unpaired) electrons. The van der Waals surface area contributed by atoms with E-state index in [0.29, 0.717) is 0 Å². The van der Waals surface area contributed by atoms with Gasteiger partial charge in [0.15, 0.2) is 0 Å². The van der Waals surface area contributed by atoms with Gasteiger partial charge in [-0.25, -0.2) is 4.79 Å². The predicted octanol–water partition coefficient (Wildman–Crippen LogP) is 7.15. The SMILES string of the molecule is COC(=O)c1cc(OCc2ccccc2)c(C(=O)c2c(O)cccc2OCc2ccccc2)c(OCc2ccccc2)c1. The van der Waals surface area contributed by atoms with E-state index in [1.807, 2.05) is 91.0 Å². The second-order valence-corrected chi connectivity index (χ2v) is 9.64. The van der Waals surface area contributed by atoms with Gasteiger partial charge < -0.3 is 24.1 Å². The van der Waals surface area contributed by atoms with Gasteiger partial charge in [-0.1, -0.05) is 97.1 Å². The van der Waals surface area contributed by atoms with Gasteiger partial charge in [0.2, 0.25) is 5.78 Å². The summed E-state index contributed by atoms with van der Waals surface area (Å²) in [5.74, 6) is -1.11. The average Bonchev–Trinajstić information content (AvgIpc) is 3.06. The van der Waals surface area contributed by atoms with Gasteiger partial charge in [0.25, 0.3) is 0 Å². The van der Waals surface area contributed by atoms with Crippen LogP contribution in [0.15, 0.2) is 121 Å². The van der Waals surface area contributed by atoms with Gasteiger partial charge in [0.1, 0.15) is 53.9 Å². The van der Waals surface area contributed by atoms with Gasteiger partial charge in [-0.3, -0.25) is 4.79 Å². The monoisotopic (exact) mass is 574 g/mol. The van der Waals surface area contributed by atoms with Gasteiger partial charge in [0, 0.05) is 0 Å². The van der Waals surface area contributed by atoms with Crippen LogP contribution in [-0.2, 0) is 24.6 Å². The van der Waals surface area contributed by atoms with Crippen LogP contribution in [0.1, 0.15) is 43.0 Å². The zero-order valence-electron chi connectivity index (χ0n) is 23.6. The molecule has 0 fully saturated rings. The molecule has 0 aliphatic carbocycles. The van der Waals surface area contributed by atoms with Crippen LogP contribution in [0.3, 0.4) is 0 Å². The molecular weight excluding hydrogens is 544 g/mol. The molecular formula is C36H30O7. The molecule has 7 nitrogen and oxygen atoms in total. The van der Waals surface area contributed by atoms with Crippen LogP contribution in [0, 0.1) is 0 Å². The summed E-state index contributed by atoms with van der Waals surface area (Å²) >= 11 is 0. The fourth-order valence-electron chi connectivity index (χ4n) is 4.48. The maximum Gasteiger partial charge on any atom is 0.338 e. The zero-order chi connectivity index (χ0) is 30.0. The second-order valence-electron chi connectivity index (χ2n) is 9.64. The average molecular weight is 575 g/mol. The van der Waals surface area contributed by atoms with E-state index < -0.39 is 11.8 Å². The van der Waals surface area contributed by atoms with Crippen molar-refractivity contribution in [2.24, 2.45) is 0 Å². The molecule has 5 aromatic rings. The smallest absolute Gasteiger partial charge is 0.338 e. The van der Waals surface area contributed by atoms with Crippen molar-refractivity contribution >= 4 is 11.8 Å². The van der Waals surface area contributed by atoms with Gasteiger partial charge in [0.05, 0.1) is 12.7 Å². The van der Waals surface area contributed by atoms with E-state index in [0.717, 1.165) is 16.7 Å². The van der Waals surface area contributed by atoms with E-state index >= 15 is 0 Å². The zero-order valence-corrected chi connectivity index (χ0v) is 23.6. The number of rotatable bonds is 12. The fraction of sp³-hybridized carbons (Fsp3) is 0.111. The summed E-state index contributed by atoms with van der Waals surface area (Å²) < 4.78 is 23.3. The lowest BCUT2D eigenvalue weighted by molar-refractivity contribution is 0.0599. The van der Waals surface area contributed by atoms with Crippen LogP contribution in [0.2, 0.25) is 0 Å². The number of hydrogen-bond acceptors (Lipinski definition) is 7. The van der Waals surface area contributed by atoms with Crippen LogP contribution in [0.25, 0.3) is 0 Å². The van der Waals surface area contributed by atoms with Crippen molar-refractivity contribution in [2.75, 3.05) is 7.11 Å². The number of methoxy groups -OCH3 is 1. The first-order valence-corrected chi connectivity index (χ1v) is 13.7. The van der Waals surface area contributed by atoms with E-state index in [4.69, 9.17) is 18.9 Å². The number of phenolic OH excluding ortho intramolecular Hbond substituents is 1. The van der Waals surface area contributed by atoms with Crippen LogP contribution < -0.4 is 14.2 Å². The molecule has 0 spiro atoms. The summed E-state index contributed by atoms with van der Waals surface area (Å²) in [7, 11) is 1.27. The minimum absolute atomic E-state index is 0.0329. The van der Waals surface area contributed by atoms with Gasteiger partial charge >= 0.3 is 5.97 Å². The van der Waals surface area contributed by atoms with Gasteiger partial charge in [-0.15, -0.1) is 0 Å². The Labute approximate surface area is 249 Å². The highest BCUT2D eigenvalue weighted by atomic mass is 16.5. The molecule has 5 rings (SSSR count). The standard InChI is InChI=1S/C36H30O7/c1-40-36(39)28-20-31(42-23-26-14-7-3-8-15-26)34(32(21-28)43-24-27-16-9-4-10-17-27)35(38)33-29(37)18-11-19-30(33)41-22-25-12-5-2-6-13-25/h2-21,37H,22-24H2,1H3. The Morgan fingerprint density at radius 2 is 1.00 bits per heavy atom. The summed E-state index contributed by atoms with van der Waals surface area (Å²) in [4.78, 5) is 27.1. The molecule has 0 aliphatic rings. The van der Waals surface area contributed by atoms with Crippen molar-refractivity contribution in [1.82, 2.24) is 0 Å². The van der Waals surface area contributed by atoms with Crippen molar-refractivity contribution in [3.63, 3.8) is 0 Å². The third-order valence-electron chi connectivity index (χ3n) is 6.66. The Hall–Kier alpha value is -5.56. The maximum atomic E-state index is 14.4. The van der Waals surface area contributed by atoms with E-state index in [1.165, 1.54) is 25.3 Å². The van der Waals surface area contributed by atoms with Gasteiger partial charge in [-0.05, 0) is 41.0 Å². The molecule has 0 heterocycles. The molecule has 0 aliphatic heterocycles. The third-order valence-corrected chi connectivity index (χ3v) is 6.66. The summed E-state index contributed by atoms with van der Waals surface area (Å²) in [6, 6.07) is 35.9. The molecule has 7 heteroatoms. The number of phenols is 1. The minimum atomic E-state index is -0.623. The summed E-state index contributed by atoms with van der Waals surface area (Å²) in [6.07, 6.45) is 0. The number of hydrogen-bond donors (Lipinski definition) is 1. The number of aromatic hydroxyl groups is 1. The highest BCUT2D eigenvalue weighted by Crippen LogP contribution is 2.39. The summed E-state index contributed by atoms with van der Waals surface area (Å²) in [5, 5.41) is 10.9. The lowest BCUT2D eigenvalue weighted by atomic mass is 9.97. The number of carbonyl (C=O) groups is 2. The van der Waals surface area contributed by atoms with Crippen molar-refractivity contribution in [2.45, 2.75) is 19.8 Å². The van der Waals surface area contributed by atoms with Crippen molar-refractivity contribution in [1.29, 1.82) is 0 Å². The molecule has 1 N–H and O–H groups in total. The lowest BCUT2D eigenvalue weighted by Gasteiger charge is -2.19. The number of ether oxygens (including phenoxy) is 4. The van der Waals surface area contributed by atoms with Crippen LogP contribution in [0.5, 0.6) is 23.0 Å². The molecule has 0 bridgehead atoms. The Balaban J connectivity index is 1.59. The summed E-state index contributed by atoms with van der Waals surface area (Å²) in [6.45, 7) is 0.407. The number of carbonyl (C=O) groups excluding carboxylic acids is 2. The summed E-state index contributed by atoms with van der Waals surface area (Å²) in [5.41, 5.74) is 2.72. The molecule has 0 saturated carbocycles. The van der Waals surface area contributed by atoms with E-state index in [2.05, 4.69) is 0 Å². The van der Waals surface area contributed by atoms with Gasteiger partial charge in [-0.2, -0.15) is 0 Å². The molecule has 5 aromatic carbocycles. The number of esters is 1. The Morgan fingerprint density at radius 1 is 0.558 bits per heavy atom. The normalized spacial score (nSPS) is 10.5. The Kier molecular flexibility index (Phi) is 9.34. The predicted molar refractivity (Wildman–Crippen MR) is 162 cm³/mol. The van der Waals surface area contributed by atoms with Crippen molar-refractivity contribution in [3.05, 3.63) is 155 Å². The second kappa shape index (κ2) is 13.9. The largest absolute Gasteiger partial charge is 0.507 e. The molecule has 0 amide bonds.